The molecule has 1 heterocycles. The number of halogens is 2. The smallest absolute Gasteiger partial charge is 0.325 e. The fourth-order valence-electron chi connectivity index (χ4n) is 2.85. The molecule has 2 aromatic rings. The topological polar surface area (TPSA) is 52.7 Å². The molecule has 0 bridgehead atoms. The van der Waals surface area contributed by atoms with E-state index in [9.17, 15) is 14.0 Å². The molecule has 1 aliphatic heterocycles. The van der Waals surface area contributed by atoms with E-state index in [4.69, 9.17) is 11.6 Å². The van der Waals surface area contributed by atoms with E-state index in [1.807, 2.05) is 12.1 Å². The standard InChI is InChI=1S/C19H19ClFN3O2/c20-15-7-5-14(6-8-15)9-10-22-18(25)13-23-11-12-24(19(23)26)17-4-2-1-3-16(17)21/h1-8H,9-13H2,(H,22,25). The molecule has 136 valence electrons. The molecule has 0 radical (unpaired) electrons. The van der Waals surface area contributed by atoms with Crippen LogP contribution < -0.4 is 10.2 Å². The highest BCUT2D eigenvalue weighted by molar-refractivity contribution is 6.30. The van der Waals surface area contributed by atoms with Gasteiger partial charge in [0.2, 0.25) is 5.91 Å². The Kier molecular flexibility index (Phi) is 5.73. The number of carbonyl (C=O) groups excluding carboxylic acids is 2. The van der Waals surface area contributed by atoms with Gasteiger partial charge in [-0.1, -0.05) is 35.9 Å². The minimum absolute atomic E-state index is 0.0373. The first-order valence-electron chi connectivity index (χ1n) is 8.37. The van der Waals surface area contributed by atoms with Crippen molar-refractivity contribution in [3.05, 3.63) is 64.9 Å². The average molecular weight is 376 g/mol. The number of amides is 3. The summed E-state index contributed by atoms with van der Waals surface area (Å²) in [5.74, 6) is -0.683. The molecule has 1 fully saturated rings. The van der Waals surface area contributed by atoms with Crippen molar-refractivity contribution in [1.29, 1.82) is 0 Å². The number of nitrogens with zero attached hydrogens (tertiary/aromatic N) is 2. The summed E-state index contributed by atoms with van der Waals surface area (Å²) < 4.78 is 13.9. The van der Waals surface area contributed by atoms with Crippen LogP contribution in [-0.2, 0) is 11.2 Å². The first-order valence-corrected chi connectivity index (χ1v) is 8.74. The van der Waals surface area contributed by atoms with Crippen LogP contribution in [0.1, 0.15) is 5.56 Å². The first-order chi connectivity index (χ1) is 12.5. The minimum Gasteiger partial charge on any atom is -0.354 e. The Bertz CT molecular complexity index is 798. The Morgan fingerprint density at radius 2 is 1.85 bits per heavy atom. The zero-order valence-electron chi connectivity index (χ0n) is 14.1. The molecule has 0 aliphatic carbocycles. The van der Waals surface area contributed by atoms with Crippen molar-refractivity contribution < 1.29 is 14.0 Å². The Morgan fingerprint density at radius 3 is 2.58 bits per heavy atom. The fourth-order valence-corrected chi connectivity index (χ4v) is 2.98. The predicted molar refractivity (Wildman–Crippen MR) is 98.9 cm³/mol. The van der Waals surface area contributed by atoms with Gasteiger partial charge in [0.15, 0.2) is 0 Å². The van der Waals surface area contributed by atoms with E-state index in [0.29, 0.717) is 31.1 Å². The van der Waals surface area contributed by atoms with Gasteiger partial charge >= 0.3 is 6.03 Å². The van der Waals surface area contributed by atoms with Crippen LogP contribution in [-0.4, -0.2) is 43.0 Å². The van der Waals surface area contributed by atoms with Crippen molar-refractivity contribution in [3.8, 4) is 0 Å². The van der Waals surface area contributed by atoms with E-state index in [0.717, 1.165) is 5.56 Å². The number of hydrogen-bond acceptors (Lipinski definition) is 2. The Balaban J connectivity index is 1.48. The maximum Gasteiger partial charge on any atom is 0.325 e. The van der Waals surface area contributed by atoms with Crippen LogP contribution in [0.15, 0.2) is 48.5 Å². The Hall–Kier alpha value is -2.60. The monoisotopic (exact) mass is 375 g/mol. The lowest BCUT2D eigenvalue weighted by Gasteiger charge is -2.18. The molecule has 7 heteroatoms. The van der Waals surface area contributed by atoms with Crippen LogP contribution in [0.25, 0.3) is 0 Å². The zero-order chi connectivity index (χ0) is 18.5. The lowest BCUT2D eigenvalue weighted by Crippen LogP contribution is -2.40. The van der Waals surface area contributed by atoms with Crippen LogP contribution in [0.2, 0.25) is 5.02 Å². The van der Waals surface area contributed by atoms with Crippen molar-refractivity contribution in [2.45, 2.75) is 6.42 Å². The maximum absolute atomic E-state index is 13.9. The number of benzene rings is 2. The van der Waals surface area contributed by atoms with E-state index >= 15 is 0 Å². The molecule has 1 aliphatic rings. The van der Waals surface area contributed by atoms with Gasteiger partial charge in [-0.2, -0.15) is 0 Å². The zero-order valence-corrected chi connectivity index (χ0v) is 14.9. The lowest BCUT2D eigenvalue weighted by molar-refractivity contribution is -0.121. The van der Waals surface area contributed by atoms with Crippen molar-refractivity contribution >= 4 is 29.2 Å². The molecule has 1 N–H and O–H groups in total. The molecule has 0 unspecified atom stereocenters. The highest BCUT2D eigenvalue weighted by Gasteiger charge is 2.31. The molecule has 1 saturated heterocycles. The number of carbonyl (C=O) groups is 2. The largest absolute Gasteiger partial charge is 0.354 e. The number of para-hydroxylation sites is 1. The third-order valence-electron chi connectivity index (χ3n) is 4.22. The van der Waals surface area contributed by atoms with Gasteiger partial charge in [0.25, 0.3) is 0 Å². The van der Waals surface area contributed by atoms with E-state index in [-0.39, 0.29) is 24.2 Å². The molecule has 2 aromatic carbocycles. The normalized spacial score (nSPS) is 14.0. The van der Waals surface area contributed by atoms with Gasteiger partial charge in [-0.15, -0.1) is 0 Å². The summed E-state index contributed by atoms with van der Waals surface area (Å²) in [6.45, 7) is 1.18. The molecule has 0 spiro atoms. The number of urea groups is 1. The molecule has 3 rings (SSSR count). The van der Waals surface area contributed by atoms with Crippen LogP contribution in [0.3, 0.4) is 0 Å². The first kappa shape index (κ1) is 18.2. The van der Waals surface area contributed by atoms with E-state index < -0.39 is 5.82 Å². The third-order valence-corrected chi connectivity index (χ3v) is 4.47. The van der Waals surface area contributed by atoms with Crippen molar-refractivity contribution in [2.75, 3.05) is 31.1 Å². The van der Waals surface area contributed by atoms with E-state index in [1.54, 1.807) is 30.3 Å². The number of anilines is 1. The molecular formula is C19H19ClFN3O2. The fraction of sp³-hybridized carbons (Fsp3) is 0.263. The van der Waals surface area contributed by atoms with Gasteiger partial charge in [-0.25, -0.2) is 9.18 Å². The highest BCUT2D eigenvalue weighted by atomic mass is 35.5. The van der Waals surface area contributed by atoms with Gasteiger partial charge < -0.3 is 10.2 Å². The molecule has 3 amide bonds. The van der Waals surface area contributed by atoms with Crippen molar-refractivity contribution in [1.82, 2.24) is 10.2 Å². The second-order valence-electron chi connectivity index (χ2n) is 6.03. The van der Waals surface area contributed by atoms with Crippen LogP contribution in [0.5, 0.6) is 0 Å². The lowest BCUT2D eigenvalue weighted by atomic mass is 10.1. The van der Waals surface area contributed by atoms with E-state index in [1.165, 1.54) is 15.9 Å². The molecule has 5 nitrogen and oxygen atoms in total. The Morgan fingerprint density at radius 1 is 1.12 bits per heavy atom. The van der Waals surface area contributed by atoms with Crippen molar-refractivity contribution in [2.24, 2.45) is 0 Å². The maximum atomic E-state index is 13.9. The second kappa shape index (κ2) is 8.19. The van der Waals surface area contributed by atoms with Gasteiger partial charge in [0.1, 0.15) is 12.4 Å². The second-order valence-corrected chi connectivity index (χ2v) is 6.47. The van der Waals surface area contributed by atoms with Crippen LogP contribution in [0, 0.1) is 5.82 Å². The van der Waals surface area contributed by atoms with Gasteiger partial charge in [0, 0.05) is 24.7 Å². The van der Waals surface area contributed by atoms with Crippen LogP contribution >= 0.6 is 11.6 Å². The van der Waals surface area contributed by atoms with E-state index in [2.05, 4.69) is 5.32 Å². The van der Waals surface area contributed by atoms with Crippen LogP contribution in [0.4, 0.5) is 14.9 Å². The summed E-state index contributed by atoms with van der Waals surface area (Å²) >= 11 is 5.84. The van der Waals surface area contributed by atoms with Gasteiger partial charge in [-0.05, 0) is 36.2 Å². The summed E-state index contributed by atoms with van der Waals surface area (Å²) in [6, 6.07) is 13.2. The molecule has 0 aromatic heterocycles. The van der Waals surface area contributed by atoms with Gasteiger partial charge in [-0.3, -0.25) is 9.69 Å². The summed E-state index contributed by atoms with van der Waals surface area (Å²) in [4.78, 5) is 27.3. The number of rotatable bonds is 6. The Labute approximate surface area is 156 Å². The predicted octanol–water partition coefficient (Wildman–Crippen LogP) is 3.08. The number of nitrogens with one attached hydrogen (secondary N) is 1. The quantitative estimate of drug-likeness (QED) is 0.843. The highest BCUT2D eigenvalue weighted by Crippen LogP contribution is 2.23. The molecule has 0 atom stereocenters. The third kappa shape index (κ3) is 4.32. The SMILES string of the molecule is O=C(CN1CCN(c2ccccc2F)C1=O)NCCc1ccc(Cl)cc1. The molecular weight excluding hydrogens is 357 g/mol. The van der Waals surface area contributed by atoms with Crippen molar-refractivity contribution in [3.63, 3.8) is 0 Å². The molecule has 26 heavy (non-hydrogen) atoms. The molecule has 0 saturated carbocycles. The summed E-state index contributed by atoms with van der Waals surface area (Å²) in [6.07, 6.45) is 0.679. The average Bonchev–Trinajstić information content (AvgIpc) is 2.98. The summed E-state index contributed by atoms with van der Waals surface area (Å²) in [5.41, 5.74) is 1.31. The number of hydrogen-bond donors (Lipinski definition) is 1. The minimum atomic E-state index is -0.449. The van der Waals surface area contributed by atoms with Gasteiger partial charge in [0.05, 0.1) is 5.69 Å². The summed E-state index contributed by atoms with van der Waals surface area (Å²) in [5, 5.41) is 3.47. The summed E-state index contributed by atoms with van der Waals surface area (Å²) in [7, 11) is 0.